The minimum absolute atomic E-state index is 0.256. The van der Waals surface area contributed by atoms with Gasteiger partial charge in [0, 0.05) is 12.8 Å². The first kappa shape index (κ1) is 19.0. The second kappa shape index (κ2) is 9.86. The van der Waals surface area contributed by atoms with Crippen molar-refractivity contribution in [2.45, 2.75) is 45.1 Å². The van der Waals surface area contributed by atoms with Gasteiger partial charge in [-0.05, 0) is 38.0 Å². The zero-order chi connectivity index (χ0) is 17.2. The van der Waals surface area contributed by atoms with Crippen LogP contribution in [0.5, 0.6) is 0 Å². The van der Waals surface area contributed by atoms with Crippen LogP contribution in [0.2, 0.25) is 0 Å². The van der Waals surface area contributed by atoms with E-state index in [2.05, 4.69) is 21.2 Å². The highest BCUT2D eigenvalue weighted by Gasteiger charge is 2.25. The second-order valence-corrected chi connectivity index (χ2v) is 5.68. The average molecular weight is 322 g/mol. The highest BCUT2D eigenvalue weighted by Crippen LogP contribution is 2.28. The molecule has 1 aliphatic rings. The van der Waals surface area contributed by atoms with Gasteiger partial charge in [-0.1, -0.05) is 6.92 Å². The molecular formula is C14H23BN4O4. The lowest BCUT2D eigenvalue weighted by molar-refractivity contribution is -0.143. The SMILES string of the molecule is [B]C(=O)NC(C=NNC(=O)NCC1CCC(C(=O)O)CC1)CC. The van der Waals surface area contributed by atoms with E-state index >= 15 is 0 Å². The van der Waals surface area contributed by atoms with Crippen LogP contribution < -0.4 is 16.1 Å². The predicted molar refractivity (Wildman–Crippen MR) is 86.5 cm³/mol. The van der Waals surface area contributed by atoms with Crippen LogP contribution in [0, 0.1) is 11.8 Å². The van der Waals surface area contributed by atoms with Crippen molar-refractivity contribution in [2.75, 3.05) is 6.54 Å². The molecule has 23 heavy (non-hydrogen) atoms. The van der Waals surface area contributed by atoms with Gasteiger partial charge in [0.2, 0.25) is 7.85 Å². The summed E-state index contributed by atoms with van der Waals surface area (Å²) in [5, 5.41) is 17.9. The fraction of sp³-hybridized carbons (Fsp3) is 0.714. The number of amides is 3. The number of aliphatic carboxylic acids is 1. The monoisotopic (exact) mass is 322 g/mol. The highest BCUT2D eigenvalue weighted by atomic mass is 16.4. The molecule has 1 fully saturated rings. The van der Waals surface area contributed by atoms with Gasteiger partial charge >= 0.3 is 12.0 Å². The molecule has 0 aromatic rings. The number of nitrogens with zero attached hydrogens (tertiary/aromatic N) is 1. The van der Waals surface area contributed by atoms with Crippen molar-refractivity contribution < 1.29 is 19.5 Å². The Labute approximate surface area is 136 Å². The summed E-state index contributed by atoms with van der Waals surface area (Å²) in [6.07, 6.45) is 4.89. The summed E-state index contributed by atoms with van der Waals surface area (Å²) < 4.78 is 0. The first-order chi connectivity index (χ1) is 10.9. The minimum Gasteiger partial charge on any atom is -0.481 e. The van der Waals surface area contributed by atoms with Crippen molar-refractivity contribution >= 4 is 31.9 Å². The van der Waals surface area contributed by atoms with Gasteiger partial charge in [0.15, 0.2) is 5.81 Å². The Bertz CT molecular complexity index is 450. The maximum Gasteiger partial charge on any atom is 0.335 e. The molecule has 4 N–H and O–H groups in total. The lowest BCUT2D eigenvalue weighted by Crippen LogP contribution is -2.38. The van der Waals surface area contributed by atoms with Crippen LogP contribution >= 0.6 is 0 Å². The molecule has 1 unspecified atom stereocenters. The molecule has 1 rings (SSSR count). The van der Waals surface area contributed by atoms with E-state index in [1.54, 1.807) is 0 Å². The molecule has 2 radical (unpaired) electrons. The molecule has 8 nitrogen and oxygen atoms in total. The smallest absolute Gasteiger partial charge is 0.335 e. The Morgan fingerprint density at radius 3 is 2.48 bits per heavy atom. The van der Waals surface area contributed by atoms with Gasteiger partial charge in [-0.25, -0.2) is 10.2 Å². The number of urea groups is 1. The Kier molecular flexibility index (Phi) is 8.14. The lowest BCUT2D eigenvalue weighted by atomic mass is 9.82. The van der Waals surface area contributed by atoms with Crippen LogP contribution in [0.15, 0.2) is 5.10 Å². The first-order valence-corrected chi connectivity index (χ1v) is 7.78. The molecular weight excluding hydrogens is 299 g/mol. The van der Waals surface area contributed by atoms with Gasteiger partial charge in [0.1, 0.15) is 0 Å². The quantitative estimate of drug-likeness (QED) is 0.315. The van der Waals surface area contributed by atoms with Gasteiger partial charge in [-0.3, -0.25) is 9.59 Å². The van der Waals surface area contributed by atoms with Crippen LogP contribution in [0.1, 0.15) is 39.0 Å². The standard InChI is InChI=1S/C14H23BN4O4/c1-2-11(18-13(15)22)8-17-19-14(23)16-7-9-3-5-10(6-4-9)12(20)21/h8-11H,2-7H2,1H3,(H,18,22)(H,20,21)(H2,16,19,23). The zero-order valence-corrected chi connectivity index (χ0v) is 13.2. The van der Waals surface area contributed by atoms with Gasteiger partial charge in [-0.15, -0.1) is 0 Å². The van der Waals surface area contributed by atoms with E-state index in [4.69, 9.17) is 13.0 Å². The van der Waals surface area contributed by atoms with E-state index in [0.717, 1.165) is 12.8 Å². The fourth-order valence-electron chi connectivity index (χ4n) is 2.50. The minimum atomic E-state index is -0.737. The highest BCUT2D eigenvalue weighted by molar-refractivity contribution is 6.57. The lowest BCUT2D eigenvalue weighted by Gasteiger charge is -2.25. The zero-order valence-electron chi connectivity index (χ0n) is 13.2. The number of carbonyl (C=O) groups is 3. The number of hydrogen-bond donors (Lipinski definition) is 4. The molecule has 1 aliphatic carbocycles. The van der Waals surface area contributed by atoms with E-state index in [0.29, 0.717) is 31.7 Å². The molecule has 0 bridgehead atoms. The number of carbonyl (C=O) groups excluding carboxylic acids is 2. The number of nitrogens with one attached hydrogen (secondary N) is 3. The third-order valence-electron chi connectivity index (χ3n) is 3.94. The van der Waals surface area contributed by atoms with Gasteiger partial charge < -0.3 is 15.7 Å². The first-order valence-electron chi connectivity index (χ1n) is 7.78. The molecule has 1 atom stereocenters. The summed E-state index contributed by atoms with van der Waals surface area (Å²) in [5.74, 6) is -1.35. The average Bonchev–Trinajstić information content (AvgIpc) is 2.51. The molecule has 0 heterocycles. The van der Waals surface area contributed by atoms with Crippen molar-refractivity contribution in [3.05, 3.63) is 0 Å². The Balaban J connectivity index is 2.22. The van der Waals surface area contributed by atoms with E-state index in [1.807, 2.05) is 6.92 Å². The summed E-state index contributed by atoms with van der Waals surface area (Å²) in [4.78, 5) is 33.2. The number of hydrogen-bond acceptors (Lipinski definition) is 4. The summed E-state index contributed by atoms with van der Waals surface area (Å²) in [7, 11) is 5.01. The number of hydrazone groups is 1. The topological polar surface area (TPSA) is 120 Å². The molecule has 0 aliphatic heterocycles. The van der Waals surface area contributed by atoms with Crippen molar-refractivity contribution in [1.82, 2.24) is 16.1 Å². The normalized spacial score (nSPS) is 22.3. The van der Waals surface area contributed by atoms with Crippen molar-refractivity contribution in [1.29, 1.82) is 0 Å². The summed E-state index contributed by atoms with van der Waals surface area (Å²) in [6.45, 7) is 2.34. The van der Waals surface area contributed by atoms with Crippen LogP contribution in [-0.4, -0.2) is 49.6 Å². The van der Waals surface area contributed by atoms with E-state index in [9.17, 15) is 14.4 Å². The van der Waals surface area contributed by atoms with E-state index in [1.165, 1.54) is 6.21 Å². The van der Waals surface area contributed by atoms with Gasteiger partial charge in [0.05, 0.1) is 12.0 Å². The Morgan fingerprint density at radius 2 is 1.96 bits per heavy atom. The third-order valence-corrected chi connectivity index (χ3v) is 3.94. The molecule has 1 saturated carbocycles. The maximum absolute atomic E-state index is 11.6. The number of rotatable bonds is 7. The molecule has 0 spiro atoms. The molecule has 9 heteroatoms. The second-order valence-electron chi connectivity index (χ2n) is 5.68. The number of carboxylic acids is 1. The van der Waals surface area contributed by atoms with Crippen molar-refractivity contribution in [3.8, 4) is 0 Å². The predicted octanol–water partition coefficient (Wildman–Crippen LogP) is 0.819. The van der Waals surface area contributed by atoms with Crippen LogP contribution in [0.3, 0.4) is 0 Å². The van der Waals surface area contributed by atoms with Crippen molar-refractivity contribution in [3.63, 3.8) is 0 Å². The largest absolute Gasteiger partial charge is 0.481 e. The third kappa shape index (κ3) is 7.67. The molecule has 0 saturated heterocycles. The summed E-state index contributed by atoms with van der Waals surface area (Å²) in [5.41, 5.74) is 2.32. The fourth-order valence-corrected chi connectivity index (χ4v) is 2.50. The Morgan fingerprint density at radius 1 is 1.30 bits per heavy atom. The summed E-state index contributed by atoms with van der Waals surface area (Å²) in [6, 6.07) is -0.769. The van der Waals surface area contributed by atoms with Crippen LogP contribution in [0.4, 0.5) is 9.59 Å². The molecule has 3 amide bonds. The number of carboxylic acid groups (broad SMARTS) is 1. The van der Waals surface area contributed by atoms with Gasteiger partial charge in [0.25, 0.3) is 0 Å². The van der Waals surface area contributed by atoms with Gasteiger partial charge in [-0.2, -0.15) is 5.10 Å². The molecule has 0 aromatic heterocycles. The van der Waals surface area contributed by atoms with Crippen LogP contribution in [0.25, 0.3) is 0 Å². The van der Waals surface area contributed by atoms with E-state index in [-0.39, 0.29) is 12.0 Å². The molecule has 126 valence electrons. The van der Waals surface area contributed by atoms with E-state index < -0.39 is 17.8 Å². The van der Waals surface area contributed by atoms with Crippen LogP contribution in [-0.2, 0) is 4.79 Å². The van der Waals surface area contributed by atoms with Crippen molar-refractivity contribution in [2.24, 2.45) is 16.9 Å². The Hall–Kier alpha value is -2.06. The summed E-state index contributed by atoms with van der Waals surface area (Å²) >= 11 is 0. The molecule has 0 aromatic carbocycles. The maximum atomic E-state index is 11.6.